The first-order valence-corrected chi connectivity index (χ1v) is 7.78. The van der Waals surface area contributed by atoms with Gasteiger partial charge in [0, 0.05) is 11.8 Å². The largest absolute Gasteiger partial charge is 0.392 e. The number of H-pyrrole nitrogens is 1. The van der Waals surface area contributed by atoms with Crippen LogP contribution >= 0.6 is 0 Å². The van der Waals surface area contributed by atoms with Crippen LogP contribution in [0.25, 0.3) is 11.1 Å². The Morgan fingerprint density at radius 1 is 1.19 bits per heavy atom. The predicted molar refractivity (Wildman–Crippen MR) is 93.4 cm³/mol. The molecule has 0 spiro atoms. The Bertz CT molecular complexity index is 893. The molecule has 2 rings (SSSR count). The maximum Gasteiger partial charge on any atom is 0.163 e. The van der Waals surface area contributed by atoms with Crippen LogP contribution in [0.15, 0.2) is 17.1 Å². The van der Waals surface area contributed by atoms with Gasteiger partial charge in [-0.15, -0.1) is 0 Å². The highest BCUT2D eigenvalue weighted by Crippen LogP contribution is 2.35. The SMILES string of the molecule is CC(=O)c1c(C#N)[nH]c(/C=N/CO)c1-c1ccc(CO)c(CO)c1CO. The van der Waals surface area contributed by atoms with Crippen LogP contribution in [-0.4, -0.2) is 44.1 Å². The second kappa shape index (κ2) is 8.51. The van der Waals surface area contributed by atoms with Gasteiger partial charge >= 0.3 is 0 Å². The maximum atomic E-state index is 12.2. The number of Topliss-reactive ketones (excluding diaryl/α,β-unsaturated/α-hetero) is 1. The predicted octanol–water partition coefficient (Wildman–Crippen LogP) is 0.602. The second-order valence-electron chi connectivity index (χ2n) is 5.49. The summed E-state index contributed by atoms with van der Waals surface area (Å²) in [5, 5.41) is 47.2. The third-order valence-electron chi connectivity index (χ3n) is 4.08. The maximum absolute atomic E-state index is 12.2. The molecule has 1 aromatic carbocycles. The molecular weight excluding hydrogens is 338 g/mol. The monoisotopic (exact) mass is 357 g/mol. The van der Waals surface area contributed by atoms with Gasteiger partial charge < -0.3 is 25.4 Å². The van der Waals surface area contributed by atoms with Crippen LogP contribution in [0.5, 0.6) is 0 Å². The molecule has 0 bridgehead atoms. The smallest absolute Gasteiger partial charge is 0.163 e. The van der Waals surface area contributed by atoms with Crippen molar-refractivity contribution in [1.29, 1.82) is 5.26 Å². The molecule has 1 aromatic heterocycles. The number of nitriles is 1. The van der Waals surface area contributed by atoms with Gasteiger partial charge in [-0.1, -0.05) is 12.1 Å². The molecule has 8 nitrogen and oxygen atoms in total. The molecule has 0 unspecified atom stereocenters. The Kier molecular flexibility index (Phi) is 6.38. The quantitative estimate of drug-likeness (QED) is 0.362. The summed E-state index contributed by atoms with van der Waals surface area (Å²) in [5.41, 5.74) is 2.39. The van der Waals surface area contributed by atoms with Crippen molar-refractivity contribution in [1.82, 2.24) is 4.98 Å². The van der Waals surface area contributed by atoms with E-state index in [0.717, 1.165) is 0 Å². The molecule has 0 amide bonds. The van der Waals surface area contributed by atoms with Gasteiger partial charge in [0.1, 0.15) is 18.5 Å². The van der Waals surface area contributed by atoms with Crippen molar-refractivity contribution in [3.63, 3.8) is 0 Å². The Morgan fingerprint density at radius 3 is 2.38 bits per heavy atom. The Morgan fingerprint density at radius 2 is 1.88 bits per heavy atom. The van der Waals surface area contributed by atoms with E-state index in [2.05, 4.69) is 9.98 Å². The molecule has 0 saturated heterocycles. The van der Waals surface area contributed by atoms with Gasteiger partial charge in [-0.3, -0.25) is 9.79 Å². The molecule has 26 heavy (non-hydrogen) atoms. The molecule has 5 N–H and O–H groups in total. The van der Waals surface area contributed by atoms with Gasteiger partial charge in [0.05, 0.1) is 31.1 Å². The third kappa shape index (κ3) is 3.42. The van der Waals surface area contributed by atoms with Crippen LogP contribution in [0.3, 0.4) is 0 Å². The number of aliphatic hydroxyl groups excluding tert-OH is 4. The number of benzene rings is 1. The molecule has 1 heterocycles. The fourth-order valence-electron chi connectivity index (χ4n) is 2.97. The number of nitrogens with one attached hydrogen (secondary N) is 1. The van der Waals surface area contributed by atoms with Crippen molar-refractivity contribution < 1.29 is 25.2 Å². The van der Waals surface area contributed by atoms with Gasteiger partial charge in [-0.2, -0.15) is 5.26 Å². The van der Waals surface area contributed by atoms with E-state index < -0.39 is 19.9 Å². The van der Waals surface area contributed by atoms with Gasteiger partial charge in [-0.25, -0.2) is 0 Å². The minimum Gasteiger partial charge on any atom is -0.392 e. The number of rotatable bonds is 7. The number of hydrogen-bond acceptors (Lipinski definition) is 7. The van der Waals surface area contributed by atoms with Crippen molar-refractivity contribution in [3.05, 3.63) is 45.8 Å². The summed E-state index contributed by atoms with van der Waals surface area (Å²) >= 11 is 0. The minimum atomic E-state index is -0.478. The normalized spacial score (nSPS) is 11.1. The zero-order valence-electron chi connectivity index (χ0n) is 14.2. The molecule has 0 atom stereocenters. The summed E-state index contributed by atoms with van der Waals surface area (Å²) in [6, 6.07) is 5.10. The standard InChI is InChI=1S/C18H19N3O5/c1-10(26)17-15(4-19)21-16(5-20-9-25)18(17)12-3-2-11(6-22)13(7-23)14(12)8-24/h2-3,5,21-25H,6-9H2,1H3/b20-5+. The number of hydrogen-bond donors (Lipinski definition) is 5. The van der Waals surface area contributed by atoms with Crippen molar-refractivity contribution >= 4 is 12.0 Å². The fourth-order valence-corrected chi connectivity index (χ4v) is 2.97. The first-order chi connectivity index (χ1) is 12.5. The number of aromatic amines is 1. The molecule has 0 radical (unpaired) electrons. The molecular formula is C18H19N3O5. The van der Waals surface area contributed by atoms with E-state index in [9.17, 15) is 25.4 Å². The number of nitrogens with zero attached hydrogens (tertiary/aromatic N) is 2. The lowest BCUT2D eigenvalue weighted by Crippen LogP contribution is -2.05. The Balaban J connectivity index is 2.91. The number of carbonyl (C=O) groups excluding carboxylic acids is 1. The van der Waals surface area contributed by atoms with E-state index in [0.29, 0.717) is 33.5 Å². The first-order valence-electron chi connectivity index (χ1n) is 7.78. The Hall–Kier alpha value is -2.83. The highest BCUT2D eigenvalue weighted by Gasteiger charge is 2.24. The van der Waals surface area contributed by atoms with Gasteiger partial charge in [-0.05, 0) is 29.2 Å². The summed E-state index contributed by atoms with van der Waals surface area (Å²) in [4.78, 5) is 18.7. The first kappa shape index (κ1) is 19.5. The molecule has 0 fully saturated rings. The summed E-state index contributed by atoms with van der Waals surface area (Å²) in [6.45, 7) is -0.342. The summed E-state index contributed by atoms with van der Waals surface area (Å²) in [6.07, 6.45) is 1.29. The molecule has 0 aliphatic carbocycles. The van der Waals surface area contributed by atoms with Crippen molar-refractivity contribution in [3.8, 4) is 17.2 Å². The van der Waals surface area contributed by atoms with Gasteiger partial charge in [0.25, 0.3) is 0 Å². The fraction of sp³-hybridized carbons (Fsp3) is 0.278. The molecule has 0 aliphatic heterocycles. The average Bonchev–Trinajstić information content (AvgIpc) is 3.03. The van der Waals surface area contributed by atoms with Crippen LogP contribution < -0.4 is 0 Å². The lowest BCUT2D eigenvalue weighted by Gasteiger charge is -2.16. The van der Waals surface area contributed by atoms with E-state index in [-0.39, 0.29) is 23.6 Å². The van der Waals surface area contributed by atoms with Crippen molar-refractivity contribution in [2.45, 2.75) is 26.7 Å². The minimum absolute atomic E-state index is 0.0348. The highest BCUT2D eigenvalue weighted by atomic mass is 16.3. The van der Waals surface area contributed by atoms with Crippen LogP contribution in [0.2, 0.25) is 0 Å². The Labute approximate surface area is 149 Å². The van der Waals surface area contributed by atoms with Crippen LogP contribution in [0.1, 0.15) is 45.4 Å². The summed E-state index contributed by atoms with van der Waals surface area (Å²) < 4.78 is 0. The number of ketones is 1. The van der Waals surface area contributed by atoms with Crippen LogP contribution in [0, 0.1) is 11.3 Å². The van der Waals surface area contributed by atoms with Crippen molar-refractivity contribution in [2.75, 3.05) is 6.73 Å². The molecule has 0 aliphatic rings. The second-order valence-corrected chi connectivity index (χ2v) is 5.49. The summed E-state index contributed by atoms with van der Waals surface area (Å²) in [7, 11) is 0. The number of aromatic nitrogens is 1. The lowest BCUT2D eigenvalue weighted by atomic mass is 9.89. The lowest BCUT2D eigenvalue weighted by molar-refractivity contribution is 0.101. The van der Waals surface area contributed by atoms with E-state index in [1.165, 1.54) is 13.1 Å². The number of aliphatic imine (C=N–C) groups is 1. The average molecular weight is 357 g/mol. The van der Waals surface area contributed by atoms with E-state index in [1.54, 1.807) is 12.1 Å². The summed E-state index contributed by atoms with van der Waals surface area (Å²) in [5.74, 6) is -0.364. The van der Waals surface area contributed by atoms with Crippen molar-refractivity contribution in [2.24, 2.45) is 4.99 Å². The number of carbonyl (C=O) groups is 1. The zero-order chi connectivity index (χ0) is 19.3. The van der Waals surface area contributed by atoms with E-state index in [4.69, 9.17) is 5.11 Å². The molecule has 0 saturated carbocycles. The number of aliphatic hydroxyl groups is 4. The topological polar surface area (TPSA) is 150 Å². The van der Waals surface area contributed by atoms with Gasteiger partial charge in [0.2, 0.25) is 0 Å². The van der Waals surface area contributed by atoms with Crippen LogP contribution in [-0.2, 0) is 19.8 Å². The molecule has 8 heteroatoms. The zero-order valence-corrected chi connectivity index (χ0v) is 14.2. The highest BCUT2D eigenvalue weighted by molar-refractivity contribution is 6.07. The molecule has 2 aromatic rings. The van der Waals surface area contributed by atoms with Gasteiger partial charge in [0.15, 0.2) is 5.78 Å². The molecule has 136 valence electrons. The third-order valence-corrected chi connectivity index (χ3v) is 4.08. The van der Waals surface area contributed by atoms with Crippen LogP contribution in [0.4, 0.5) is 0 Å². The van der Waals surface area contributed by atoms with E-state index >= 15 is 0 Å². The van der Waals surface area contributed by atoms with E-state index in [1.807, 2.05) is 6.07 Å².